The fourth-order valence-electron chi connectivity index (χ4n) is 1.73. The molecule has 3 N–H and O–H groups in total. The summed E-state index contributed by atoms with van der Waals surface area (Å²) in [6.07, 6.45) is 7.62. The lowest BCUT2D eigenvalue weighted by Crippen LogP contribution is -2.32. The van der Waals surface area contributed by atoms with Crippen LogP contribution in [-0.2, 0) is 6.54 Å². The summed E-state index contributed by atoms with van der Waals surface area (Å²) in [4.78, 5) is 15.9. The van der Waals surface area contributed by atoms with Crippen LogP contribution in [0.15, 0.2) is 30.5 Å². The van der Waals surface area contributed by atoms with Gasteiger partial charge in [0.2, 0.25) is 0 Å². The van der Waals surface area contributed by atoms with Gasteiger partial charge in [0.1, 0.15) is 0 Å². The van der Waals surface area contributed by atoms with Crippen molar-refractivity contribution >= 4 is 5.91 Å². The number of carbonyl (C=O) groups excluding carboxylic acids is 1. The topological polar surface area (TPSA) is 68.0 Å². The maximum absolute atomic E-state index is 11.9. The monoisotopic (exact) mass is 217 g/mol. The summed E-state index contributed by atoms with van der Waals surface area (Å²) in [5.41, 5.74) is 6.84. The van der Waals surface area contributed by atoms with Gasteiger partial charge in [0.15, 0.2) is 0 Å². The minimum atomic E-state index is -0.0502. The van der Waals surface area contributed by atoms with E-state index >= 15 is 0 Å². The van der Waals surface area contributed by atoms with Gasteiger partial charge in [0, 0.05) is 24.3 Å². The first-order valence-electron chi connectivity index (χ1n) is 5.40. The zero-order valence-electron chi connectivity index (χ0n) is 9.02. The van der Waals surface area contributed by atoms with E-state index in [-0.39, 0.29) is 11.9 Å². The summed E-state index contributed by atoms with van der Waals surface area (Å²) in [5.74, 6) is -0.0502. The molecule has 16 heavy (non-hydrogen) atoms. The Kier molecular flexibility index (Phi) is 3.31. The van der Waals surface area contributed by atoms with E-state index in [9.17, 15) is 4.79 Å². The van der Waals surface area contributed by atoms with Crippen molar-refractivity contribution in [1.29, 1.82) is 0 Å². The molecule has 0 fully saturated rings. The van der Waals surface area contributed by atoms with Crippen molar-refractivity contribution in [3.8, 4) is 0 Å². The van der Waals surface area contributed by atoms with Gasteiger partial charge < -0.3 is 11.1 Å². The number of aromatic nitrogens is 1. The number of rotatable bonds is 3. The Morgan fingerprint density at radius 3 is 2.94 bits per heavy atom. The summed E-state index contributed by atoms with van der Waals surface area (Å²) in [6, 6.07) is 3.68. The molecule has 1 aromatic heterocycles. The van der Waals surface area contributed by atoms with Gasteiger partial charge in [-0.15, -0.1) is 0 Å². The fraction of sp³-hybridized carbons (Fsp3) is 0.333. The molecule has 84 valence electrons. The first-order chi connectivity index (χ1) is 7.79. The van der Waals surface area contributed by atoms with E-state index in [2.05, 4.69) is 22.5 Å². The largest absolute Gasteiger partial charge is 0.349 e. The molecule has 0 saturated heterocycles. The molecule has 1 heterocycles. The molecule has 1 aliphatic rings. The van der Waals surface area contributed by atoms with Crippen molar-refractivity contribution in [2.45, 2.75) is 25.4 Å². The van der Waals surface area contributed by atoms with E-state index in [4.69, 9.17) is 5.73 Å². The number of hydrogen-bond acceptors (Lipinski definition) is 3. The van der Waals surface area contributed by atoms with Gasteiger partial charge in [-0.25, -0.2) is 0 Å². The smallest absolute Gasteiger partial charge is 0.251 e. The molecule has 0 bridgehead atoms. The number of carbonyl (C=O) groups is 1. The van der Waals surface area contributed by atoms with Crippen LogP contribution in [0, 0.1) is 0 Å². The van der Waals surface area contributed by atoms with Crippen molar-refractivity contribution in [3.05, 3.63) is 41.7 Å². The average Bonchev–Trinajstić information content (AvgIpc) is 2.82. The van der Waals surface area contributed by atoms with E-state index in [1.165, 1.54) is 0 Å². The highest BCUT2D eigenvalue weighted by Gasteiger charge is 2.14. The molecule has 0 aliphatic heterocycles. The van der Waals surface area contributed by atoms with Gasteiger partial charge in [-0.1, -0.05) is 12.2 Å². The van der Waals surface area contributed by atoms with Gasteiger partial charge in [-0.3, -0.25) is 9.78 Å². The second kappa shape index (κ2) is 4.90. The number of pyridine rings is 1. The van der Waals surface area contributed by atoms with Crippen LogP contribution in [0.5, 0.6) is 0 Å². The minimum Gasteiger partial charge on any atom is -0.349 e. The highest BCUT2D eigenvalue weighted by atomic mass is 16.1. The lowest BCUT2D eigenvalue weighted by molar-refractivity contribution is 0.0938. The molecule has 2 rings (SSSR count). The predicted molar refractivity (Wildman–Crippen MR) is 61.8 cm³/mol. The predicted octanol–water partition coefficient (Wildman–Crippen LogP) is 0.989. The quantitative estimate of drug-likeness (QED) is 0.742. The van der Waals surface area contributed by atoms with Gasteiger partial charge in [0.25, 0.3) is 5.91 Å². The maximum atomic E-state index is 11.9. The van der Waals surface area contributed by atoms with Gasteiger partial charge in [0.05, 0.1) is 5.69 Å². The number of amides is 1. The molecular formula is C12H15N3O. The summed E-state index contributed by atoms with van der Waals surface area (Å²) in [7, 11) is 0. The molecule has 4 heteroatoms. The highest BCUT2D eigenvalue weighted by Crippen LogP contribution is 2.10. The molecule has 0 aromatic carbocycles. The van der Waals surface area contributed by atoms with Crippen molar-refractivity contribution in [1.82, 2.24) is 10.3 Å². The third-order valence-electron chi connectivity index (χ3n) is 2.63. The Labute approximate surface area is 94.6 Å². The Hall–Kier alpha value is -1.68. The van der Waals surface area contributed by atoms with Crippen LogP contribution < -0.4 is 11.1 Å². The lowest BCUT2D eigenvalue weighted by Gasteiger charge is -2.12. The molecule has 1 aromatic rings. The molecule has 0 radical (unpaired) electrons. The zero-order valence-corrected chi connectivity index (χ0v) is 9.02. The molecule has 0 unspecified atom stereocenters. The third-order valence-corrected chi connectivity index (χ3v) is 2.63. The van der Waals surface area contributed by atoms with E-state index in [0.29, 0.717) is 12.1 Å². The highest BCUT2D eigenvalue weighted by molar-refractivity contribution is 5.94. The first kappa shape index (κ1) is 10.8. The molecule has 4 nitrogen and oxygen atoms in total. The molecule has 1 aliphatic carbocycles. The van der Waals surface area contributed by atoms with Gasteiger partial charge in [-0.2, -0.15) is 0 Å². The van der Waals surface area contributed by atoms with Crippen molar-refractivity contribution < 1.29 is 4.79 Å². The van der Waals surface area contributed by atoms with Gasteiger partial charge >= 0.3 is 0 Å². The summed E-state index contributed by atoms with van der Waals surface area (Å²) >= 11 is 0. The molecule has 0 saturated carbocycles. The number of nitrogens with zero attached hydrogens (tertiary/aromatic N) is 1. The van der Waals surface area contributed by atoms with E-state index < -0.39 is 0 Å². The van der Waals surface area contributed by atoms with Crippen molar-refractivity contribution in [3.63, 3.8) is 0 Å². The Balaban J connectivity index is 2.02. The number of hydrogen-bond donors (Lipinski definition) is 2. The summed E-state index contributed by atoms with van der Waals surface area (Å²) < 4.78 is 0. The zero-order chi connectivity index (χ0) is 11.4. The van der Waals surface area contributed by atoms with Crippen LogP contribution in [0.25, 0.3) is 0 Å². The molecule has 0 atom stereocenters. The first-order valence-corrected chi connectivity index (χ1v) is 5.40. The minimum absolute atomic E-state index is 0.0502. The van der Waals surface area contributed by atoms with Gasteiger partial charge in [-0.05, 0) is 25.0 Å². The molecular weight excluding hydrogens is 202 g/mol. The maximum Gasteiger partial charge on any atom is 0.251 e. The summed E-state index contributed by atoms with van der Waals surface area (Å²) in [6.45, 7) is 0.353. The Morgan fingerprint density at radius 1 is 1.50 bits per heavy atom. The number of nitrogens with two attached hydrogens (primary N) is 1. The Morgan fingerprint density at radius 2 is 2.25 bits per heavy atom. The Bertz CT molecular complexity index is 406. The fourth-order valence-corrected chi connectivity index (χ4v) is 1.73. The van der Waals surface area contributed by atoms with Crippen LogP contribution in [0.2, 0.25) is 0 Å². The standard InChI is InChI=1S/C12H15N3O/c13-8-11-7-9(5-6-14-11)12(16)15-10-3-1-2-4-10/h1-2,5-7,10H,3-4,8,13H2,(H,15,16). The second-order valence-electron chi connectivity index (χ2n) is 3.85. The normalized spacial score (nSPS) is 15.3. The van der Waals surface area contributed by atoms with Crippen LogP contribution >= 0.6 is 0 Å². The SMILES string of the molecule is NCc1cc(C(=O)NC2CC=CC2)ccn1. The number of nitrogens with one attached hydrogen (secondary N) is 1. The summed E-state index contributed by atoms with van der Waals surface area (Å²) in [5, 5.41) is 2.98. The van der Waals surface area contributed by atoms with Crippen LogP contribution in [0.4, 0.5) is 0 Å². The van der Waals surface area contributed by atoms with Crippen molar-refractivity contribution in [2.24, 2.45) is 5.73 Å². The van der Waals surface area contributed by atoms with E-state index in [1.807, 2.05) is 0 Å². The molecule has 0 spiro atoms. The average molecular weight is 217 g/mol. The van der Waals surface area contributed by atoms with Crippen LogP contribution in [0.1, 0.15) is 28.9 Å². The second-order valence-corrected chi connectivity index (χ2v) is 3.85. The van der Waals surface area contributed by atoms with Crippen LogP contribution in [0.3, 0.4) is 0 Å². The molecule has 1 amide bonds. The van der Waals surface area contributed by atoms with E-state index in [1.54, 1.807) is 18.3 Å². The van der Waals surface area contributed by atoms with Crippen molar-refractivity contribution in [2.75, 3.05) is 0 Å². The van der Waals surface area contributed by atoms with E-state index in [0.717, 1.165) is 18.5 Å². The third kappa shape index (κ3) is 2.46. The van der Waals surface area contributed by atoms with Crippen LogP contribution in [-0.4, -0.2) is 16.9 Å². The lowest BCUT2D eigenvalue weighted by atomic mass is 10.2.